The molecule has 1 heterocycles. The third-order valence-corrected chi connectivity index (χ3v) is 3.41. The fraction of sp³-hybridized carbons (Fsp3) is 0.438. The highest BCUT2D eigenvalue weighted by molar-refractivity contribution is 5.28. The number of nitrogens with zero attached hydrogens (tertiary/aromatic N) is 4. The van der Waals surface area contributed by atoms with E-state index in [0.717, 1.165) is 18.5 Å². The van der Waals surface area contributed by atoms with Crippen molar-refractivity contribution in [3.8, 4) is 6.07 Å². The number of aromatic nitrogens is 3. The molecule has 0 amide bonds. The molecular weight excluding hydrogens is 248 g/mol. The lowest BCUT2D eigenvalue weighted by Gasteiger charge is -2.08. The van der Waals surface area contributed by atoms with Crippen LogP contribution in [0.15, 0.2) is 24.3 Å². The van der Waals surface area contributed by atoms with Crippen LogP contribution < -0.4 is 0 Å². The minimum absolute atomic E-state index is 0.450. The summed E-state index contributed by atoms with van der Waals surface area (Å²) in [6.07, 6.45) is 1.81. The van der Waals surface area contributed by atoms with Crippen molar-refractivity contribution in [2.24, 2.45) is 0 Å². The summed E-state index contributed by atoms with van der Waals surface area (Å²) in [5, 5.41) is 17.1. The molecule has 0 atom stereocenters. The van der Waals surface area contributed by atoms with Crippen molar-refractivity contribution < 1.29 is 0 Å². The van der Waals surface area contributed by atoms with Crippen molar-refractivity contribution in [3.05, 3.63) is 46.8 Å². The van der Waals surface area contributed by atoms with E-state index < -0.39 is 0 Å². The second-order valence-corrected chi connectivity index (χ2v) is 5.30. The second-order valence-electron chi connectivity index (χ2n) is 5.30. The van der Waals surface area contributed by atoms with Crippen LogP contribution in [0.5, 0.6) is 0 Å². The van der Waals surface area contributed by atoms with Crippen molar-refractivity contribution in [2.75, 3.05) is 0 Å². The zero-order valence-corrected chi connectivity index (χ0v) is 12.3. The summed E-state index contributed by atoms with van der Waals surface area (Å²) < 4.78 is 1.84. The van der Waals surface area contributed by atoms with Gasteiger partial charge in [-0.15, -0.1) is 5.10 Å². The molecule has 4 nitrogen and oxygen atoms in total. The Bertz CT molecular complexity index is 602. The number of nitriles is 1. The third-order valence-electron chi connectivity index (χ3n) is 3.41. The van der Waals surface area contributed by atoms with E-state index in [1.807, 2.05) is 4.68 Å². The highest BCUT2D eigenvalue weighted by Crippen LogP contribution is 2.16. The highest BCUT2D eigenvalue weighted by atomic mass is 15.4. The maximum Gasteiger partial charge on any atom is 0.185 e. The predicted octanol–water partition coefficient (Wildman–Crippen LogP) is 3.27. The molecule has 2 aromatic rings. The monoisotopic (exact) mass is 268 g/mol. The molecular formula is C16H20N4. The molecule has 4 heteroatoms. The summed E-state index contributed by atoms with van der Waals surface area (Å²) in [6.45, 7) is 7.13. The molecule has 104 valence electrons. The summed E-state index contributed by atoms with van der Waals surface area (Å²) >= 11 is 0. The minimum Gasteiger partial charge on any atom is -0.244 e. The highest BCUT2D eigenvalue weighted by Gasteiger charge is 2.11. The van der Waals surface area contributed by atoms with Crippen LogP contribution >= 0.6 is 0 Å². The van der Waals surface area contributed by atoms with Gasteiger partial charge < -0.3 is 0 Å². The van der Waals surface area contributed by atoms with Crippen molar-refractivity contribution in [2.45, 2.75) is 46.1 Å². The Labute approximate surface area is 120 Å². The molecule has 1 aromatic carbocycles. The van der Waals surface area contributed by atoms with Crippen LogP contribution in [0.1, 0.15) is 55.6 Å². The molecule has 0 fully saturated rings. The molecule has 0 N–H and O–H groups in total. The number of benzene rings is 1. The molecule has 0 aliphatic carbocycles. The van der Waals surface area contributed by atoms with E-state index in [4.69, 9.17) is 5.26 Å². The second kappa shape index (κ2) is 6.33. The zero-order chi connectivity index (χ0) is 14.5. The Morgan fingerprint density at radius 1 is 1.25 bits per heavy atom. The van der Waals surface area contributed by atoms with Crippen molar-refractivity contribution in [1.29, 1.82) is 5.26 Å². The maximum atomic E-state index is 9.06. The van der Waals surface area contributed by atoms with E-state index >= 15 is 0 Å². The third kappa shape index (κ3) is 3.05. The quantitative estimate of drug-likeness (QED) is 0.836. The van der Waals surface area contributed by atoms with Gasteiger partial charge in [0.1, 0.15) is 6.07 Å². The standard InChI is InChI=1S/C16H20N4/c1-4-5-16-15(10-17)18-19-20(16)11-13-6-8-14(9-7-13)12(2)3/h6-9,12H,4-5,11H2,1-3H3. The summed E-state index contributed by atoms with van der Waals surface area (Å²) in [7, 11) is 0. The first-order chi connectivity index (χ1) is 9.65. The fourth-order valence-corrected chi connectivity index (χ4v) is 2.21. The number of rotatable bonds is 5. The van der Waals surface area contributed by atoms with Gasteiger partial charge in [0.2, 0.25) is 0 Å². The van der Waals surface area contributed by atoms with Crippen LogP contribution in [0.4, 0.5) is 0 Å². The van der Waals surface area contributed by atoms with Gasteiger partial charge in [0, 0.05) is 0 Å². The number of hydrogen-bond acceptors (Lipinski definition) is 3. The van der Waals surface area contributed by atoms with Gasteiger partial charge in [-0.2, -0.15) is 5.26 Å². The van der Waals surface area contributed by atoms with E-state index in [1.54, 1.807) is 0 Å². The SMILES string of the molecule is CCCc1c(C#N)nnn1Cc1ccc(C(C)C)cc1. The molecule has 0 aliphatic heterocycles. The first-order valence-electron chi connectivity index (χ1n) is 7.07. The van der Waals surface area contributed by atoms with Gasteiger partial charge in [-0.1, -0.05) is 56.7 Å². The molecule has 0 saturated carbocycles. The predicted molar refractivity (Wildman–Crippen MR) is 78.4 cm³/mol. The van der Waals surface area contributed by atoms with Crippen molar-refractivity contribution in [1.82, 2.24) is 15.0 Å². The lowest BCUT2D eigenvalue weighted by atomic mass is 10.0. The molecule has 0 saturated heterocycles. The molecule has 0 bridgehead atoms. The Hall–Kier alpha value is -2.15. The van der Waals surface area contributed by atoms with E-state index in [1.165, 1.54) is 11.1 Å². The first kappa shape index (κ1) is 14.3. The van der Waals surface area contributed by atoms with Gasteiger partial charge in [-0.25, -0.2) is 4.68 Å². The molecule has 1 aromatic heterocycles. The van der Waals surface area contributed by atoms with Crippen LogP contribution in [0, 0.1) is 11.3 Å². The molecule has 0 spiro atoms. The lowest BCUT2D eigenvalue weighted by Crippen LogP contribution is -2.07. The van der Waals surface area contributed by atoms with Crippen LogP contribution in [0.25, 0.3) is 0 Å². The Morgan fingerprint density at radius 2 is 1.95 bits per heavy atom. The lowest BCUT2D eigenvalue weighted by molar-refractivity contribution is 0.613. The van der Waals surface area contributed by atoms with Crippen LogP contribution in [-0.4, -0.2) is 15.0 Å². The van der Waals surface area contributed by atoms with E-state index in [-0.39, 0.29) is 0 Å². The van der Waals surface area contributed by atoms with Crippen molar-refractivity contribution in [3.63, 3.8) is 0 Å². The van der Waals surface area contributed by atoms with Gasteiger partial charge in [0.25, 0.3) is 0 Å². The van der Waals surface area contributed by atoms with Gasteiger partial charge >= 0.3 is 0 Å². The van der Waals surface area contributed by atoms with Gasteiger partial charge in [-0.05, 0) is 23.5 Å². The van der Waals surface area contributed by atoms with Gasteiger partial charge in [-0.3, -0.25) is 0 Å². The molecule has 0 radical (unpaired) electrons. The molecule has 20 heavy (non-hydrogen) atoms. The summed E-state index contributed by atoms with van der Waals surface area (Å²) in [5.41, 5.74) is 3.90. The average molecular weight is 268 g/mol. The van der Waals surface area contributed by atoms with Crippen LogP contribution in [0.3, 0.4) is 0 Å². The topological polar surface area (TPSA) is 54.5 Å². The van der Waals surface area contributed by atoms with E-state index in [9.17, 15) is 0 Å². The fourth-order valence-electron chi connectivity index (χ4n) is 2.21. The first-order valence-corrected chi connectivity index (χ1v) is 7.07. The summed E-state index contributed by atoms with van der Waals surface area (Å²) in [6, 6.07) is 10.7. The normalized spacial score (nSPS) is 10.8. The average Bonchev–Trinajstić information content (AvgIpc) is 2.82. The minimum atomic E-state index is 0.450. The Balaban J connectivity index is 2.21. The molecule has 2 rings (SSSR count). The van der Waals surface area contributed by atoms with Crippen LogP contribution in [0.2, 0.25) is 0 Å². The van der Waals surface area contributed by atoms with Crippen LogP contribution in [-0.2, 0) is 13.0 Å². The Morgan fingerprint density at radius 3 is 2.50 bits per heavy atom. The largest absolute Gasteiger partial charge is 0.244 e. The maximum absolute atomic E-state index is 9.06. The number of hydrogen-bond donors (Lipinski definition) is 0. The van der Waals surface area contributed by atoms with E-state index in [0.29, 0.717) is 18.2 Å². The summed E-state index contributed by atoms with van der Waals surface area (Å²) in [5.74, 6) is 0.538. The van der Waals surface area contributed by atoms with Gasteiger partial charge in [0.05, 0.1) is 12.2 Å². The molecule has 0 aliphatic rings. The summed E-state index contributed by atoms with van der Waals surface area (Å²) in [4.78, 5) is 0. The van der Waals surface area contributed by atoms with Gasteiger partial charge in [0.15, 0.2) is 5.69 Å². The zero-order valence-electron chi connectivity index (χ0n) is 12.3. The molecule has 0 unspecified atom stereocenters. The van der Waals surface area contributed by atoms with E-state index in [2.05, 4.69) is 61.4 Å². The van der Waals surface area contributed by atoms with Crippen molar-refractivity contribution >= 4 is 0 Å². The Kier molecular flexibility index (Phi) is 4.52. The smallest absolute Gasteiger partial charge is 0.185 e.